The summed E-state index contributed by atoms with van der Waals surface area (Å²) < 4.78 is 28.2. The molecule has 3 heterocycles. The molecule has 28 heavy (non-hydrogen) atoms. The number of halogens is 2. The van der Waals surface area contributed by atoms with Crippen LogP contribution in [0.15, 0.2) is 47.1 Å². The van der Waals surface area contributed by atoms with Crippen LogP contribution in [0, 0.1) is 0 Å². The lowest BCUT2D eigenvalue weighted by Gasteiger charge is -2.25. The van der Waals surface area contributed by atoms with Crippen LogP contribution in [0.1, 0.15) is 6.92 Å². The van der Waals surface area contributed by atoms with Crippen molar-refractivity contribution in [3.05, 3.63) is 52.3 Å². The van der Waals surface area contributed by atoms with E-state index < -0.39 is 16.1 Å². The summed E-state index contributed by atoms with van der Waals surface area (Å²) in [7, 11) is -2.62. The Bertz CT molecular complexity index is 1100. The number of thiophene rings is 1. The Hall–Kier alpha value is -2.14. The monoisotopic (exact) mass is 459 g/mol. The summed E-state index contributed by atoms with van der Waals surface area (Å²) in [4.78, 5) is 18.1. The zero-order valence-corrected chi connectivity index (χ0v) is 17.9. The molecule has 0 aliphatic rings. The standard InChI is InChI=1S/C16H15Cl2N5O3S2/c1-3-23(28(25,26)14-7-6-13(17)27-14)16(24)21(2)12-10-22(20-15(12)18)11-5-4-8-19-9-11/h4-10H,3H2,1-2H3. The van der Waals surface area contributed by atoms with Crippen molar-refractivity contribution in [2.45, 2.75) is 11.1 Å². The SMILES string of the molecule is CCN(C(=O)N(C)c1cn(-c2cccnc2)nc1Cl)S(=O)(=O)c1ccc(Cl)s1. The van der Waals surface area contributed by atoms with Crippen molar-refractivity contribution in [2.75, 3.05) is 18.5 Å². The highest BCUT2D eigenvalue weighted by molar-refractivity contribution is 7.91. The number of nitrogens with zero attached hydrogens (tertiary/aromatic N) is 5. The molecule has 8 nitrogen and oxygen atoms in total. The van der Waals surface area contributed by atoms with Crippen molar-refractivity contribution >= 4 is 56.3 Å². The molecule has 0 aliphatic heterocycles. The number of anilines is 1. The predicted molar refractivity (Wildman–Crippen MR) is 109 cm³/mol. The number of carbonyl (C=O) groups excluding carboxylic acids is 1. The summed E-state index contributed by atoms with van der Waals surface area (Å²) in [5.41, 5.74) is 0.901. The van der Waals surface area contributed by atoms with Crippen LogP contribution in [0.2, 0.25) is 9.49 Å². The van der Waals surface area contributed by atoms with Crippen molar-refractivity contribution < 1.29 is 13.2 Å². The maximum absolute atomic E-state index is 12.9. The molecule has 3 aromatic rings. The molecule has 3 aromatic heterocycles. The van der Waals surface area contributed by atoms with Gasteiger partial charge >= 0.3 is 6.03 Å². The van der Waals surface area contributed by atoms with Crippen LogP contribution >= 0.6 is 34.5 Å². The lowest BCUT2D eigenvalue weighted by Crippen LogP contribution is -2.44. The van der Waals surface area contributed by atoms with Crippen molar-refractivity contribution in [2.24, 2.45) is 0 Å². The maximum atomic E-state index is 12.9. The number of urea groups is 1. The summed E-state index contributed by atoms with van der Waals surface area (Å²) in [6.45, 7) is 1.51. The largest absolute Gasteiger partial charge is 0.338 e. The average molecular weight is 460 g/mol. The Labute approximate surface area is 176 Å². The highest BCUT2D eigenvalue weighted by atomic mass is 35.5. The quantitative estimate of drug-likeness (QED) is 0.576. The minimum Gasteiger partial charge on any atom is -0.292 e. The summed E-state index contributed by atoms with van der Waals surface area (Å²) in [6, 6.07) is 5.57. The second-order valence-electron chi connectivity index (χ2n) is 5.53. The van der Waals surface area contributed by atoms with Crippen LogP contribution in [0.5, 0.6) is 0 Å². The molecule has 12 heteroatoms. The molecule has 0 aromatic carbocycles. The number of aromatic nitrogens is 3. The zero-order chi connectivity index (χ0) is 20.5. The van der Waals surface area contributed by atoms with Gasteiger partial charge < -0.3 is 0 Å². The molecule has 0 saturated heterocycles. The van der Waals surface area contributed by atoms with E-state index in [1.54, 1.807) is 31.5 Å². The fourth-order valence-electron chi connectivity index (χ4n) is 2.41. The normalized spacial score (nSPS) is 11.4. The van der Waals surface area contributed by atoms with Gasteiger partial charge in [-0.2, -0.15) is 5.10 Å². The van der Waals surface area contributed by atoms with Crippen molar-refractivity contribution in [1.29, 1.82) is 0 Å². The first-order valence-corrected chi connectivity index (χ1v) is 11.0. The Morgan fingerprint density at radius 3 is 2.61 bits per heavy atom. The minimum atomic E-state index is -4.04. The number of sulfonamides is 1. The lowest BCUT2D eigenvalue weighted by molar-refractivity contribution is 0.232. The third-order valence-electron chi connectivity index (χ3n) is 3.80. The Balaban J connectivity index is 1.92. The van der Waals surface area contributed by atoms with E-state index in [1.165, 1.54) is 30.1 Å². The molecule has 0 saturated carbocycles. The Morgan fingerprint density at radius 2 is 2.04 bits per heavy atom. The van der Waals surface area contributed by atoms with Crippen LogP contribution in [-0.2, 0) is 10.0 Å². The van der Waals surface area contributed by atoms with Gasteiger partial charge in [0.1, 0.15) is 9.90 Å². The van der Waals surface area contributed by atoms with Gasteiger partial charge in [-0.25, -0.2) is 22.2 Å². The third-order valence-corrected chi connectivity index (χ3v) is 7.62. The van der Waals surface area contributed by atoms with Gasteiger partial charge in [0.2, 0.25) is 0 Å². The maximum Gasteiger partial charge on any atom is 0.338 e. The van der Waals surface area contributed by atoms with E-state index in [1.807, 2.05) is 0 Å². The van der Waals surface area contributed by atoms with Gasteiger partial charge in [-0.3, -0.25) is 9.88 Å². The second kappa shape index (κ2) is 8.08. The highest BCUT2D eigenvalue weighted by Crippen LogP contribution is 2.30. The minimum absolute atomic E-state index is 0.0155. The molecule has 0 aliphatic carbocycles. The Morgan fingerprint density at radius 1 is 1.29 bits per heavy atom. The lowest BCUT2D eigenvalue weighted by atomic mass is 10.4. The van der Waals surface area contributed by atoms with E-state index in [4.69, 9.17) is 23.2 Å². The van der Waals surface area contributed by atoms with E-state index in [0.29, 0.717) is 10.0 Å². The van der Waals surface area contributed by atoms with Crippen LogP contribution in [-0.4, -0.2) is 47.1 Å². The first-order valence-electron chi connectivity index (χ1n) is 7.97. The molecule has 148 valence electrons. The van der Waals surface area contributed by atoms with Crippen molar-refractivity contribution in [1.82, 2.24) is 19.1 Å². The van der Waals surface area contributed by atoms with Crippen molar-refractivity contribution in [3.63, 3.8) is 0 Å². The fourth-order valence-corrected chi connectivity index (χ4v) is 5.67. The number of hydrogen-bond acceptors (Lipinski definition) is 6. The van der Waals surface area contributed by atoms with Gasteiger partial charge in [-0.1, -0.05) is 23.2 Å². The van der Waals surface area contributed by atoms with E-state index in [-0.39, 0.29) is 21.6 Å². The van der Waals surface area contributed by atoms with Gasteiger partial charge in [-0.15, -0.1) is 11.3 Å². The summed E-state index contributed by atoms with van der Waals surface area (Å²) >= 11 is 12.9. The van der Waals surface area contributed by atoms with E-state index in [2.05, 4.69) is 10.1 Å². The molecule has 0 radical (unpaired) electrons. The van der Waals surface area contributed by atoms with Crippen LogP contribution in [0.25, 0.3) is 5.69 Å². The first-order chi connectivity index (χ1) is 13.3. The van der Waals surface area contributed by atoms with Gasteiger partial charge in [0.05, 0.1) is 22.4 Å². The van der Waals surface area contributed by atoms with Gasteiger partial charge in [0, 0.05) is 19.8 Å². The van der Waals surface area contributed by atoms with Crippen LogP contribution in [0.4, 0.5) is 10.5 Å². The second-order valence-corrected chi connectivity index (χ2v) is 9.69. The summed E-state index contributed by atoms with van der Waals surface area (Å²) in [5.74, 6) is 0. The number of carbonyl (C=O) groups is 1. The number of pyridine rings is 1. The molecule has 0 N–H and O–H groups in total. The molecule has 0 bridgehead atoms. The van der Waals surface area contributed by atoms with E-state index >= 15 is 0 Å². The molecule has 2 amide bonds. The molecule has 0 fully saturated rings. The van der Waals surface area contributed by atoms with Gasteiger partial charge in [0.15, 0.2) is 5.15 Å². The first kappa shape index (κ1) is 20.6. The molecule has 0 atom stereocenters. The fraction of sp³-hybridized carbons (Fsp3) is 0.188. The number of hydrogen-bond donors (Lipinski definition) is 0. The molecule has 0 spiro atoms. The van der Waals surface area contributed by atoms with Gasteiger partial charge in [-0.05, 0) is 31.2 Å². The third kappa shape index (κ3) is 3.86. The molecule has 3 rings (SSSR count). The number of rotatable bonds is 5. The molecule has 0 unspecified atom stereocenters. The average Bonchev–Trinajstić information content (AvgIpc) is 3.28. The Kier molecular flexibility index (Phi) is 5.94. The topological polar surface area (TPSA) is 88.4 Å². The summed E-state index contributed by atoms with van der Waals surface area (Å²) in [5, 5.41) is 4.21. The zero-order valence-electron chi connectivity index (χ0n) is 14.8. The number of amides is 2. The molecular formula is C16H15Cl2N5O3S2. The van der Waals surface area contributed by atoms with Crippen molar-refractivity contribution in [3.8, 4) is 5.69 Å². The van der Waals surface area contributed by atoms with Crippen LogP contribution < -0.4 is 4.90 Å². The van der Waals surface area contributed by atoms with Crippen LogP contribution in [0.3, 0.4) is 0 Å². The smallest absolute Gasteiger partial charge is 0.292 e. The van der Waals surface area contributed by atoms with Gasteiger partial charge in [0.25, 0.3) is 10.0 Å². The molecular weight excluding hydrogens is 445 g/mol. The summed E-state index contributed by atoms with van der Waals surface area (Å²) in [6.07, 6.45) is 4.73. The highest BCUT2D eigenvalue weighted by Gasteiger charge is 2.33. The predicted octanol–water partition coefficient (Wildman–Crippen LogP) is 3.90. The van der Waals surface area contributed by atoms with E-state index in [0.717, 1.165) is 20.5 Å². The van der Waals surface area contributed by atoms with E-state index in [9.17, 15) is 13.2 Å².